The summed E-state index contributed by atoms with van der Waals surface area (Å²) in [6.07, 6.45) is 3.45. The highest BCUT2D eigenvalue weighted by Crippen LogP contribution is 2.31. The minimum Gasteiger partial charge on any atom is -0.444 e. The third-order valence-corrected chi connectivity index (χ3v) is 3.46. The number of hydrogen-bond donors (Lipinski definition) is 2. The maximum Gasteiger partial charge on any atom is 0.408 e. The van der Waals surface area contributed by atoms with Crippen molar-refractivity contribution in [3.05, 3.63) is 0 Å². The zero-order chi connectivity index (χ0) is 13.3. The summed E-state index contributed by atoms with van der Waals surface area (Å²) < 4.78 is 5.18. The number of fused-ring (bicyclic) bond motifs is 2. The van der Waals surface area contributed by atoms with Crippen LogP contribution in [0.15, 0.2) is 0 Å². The Labute approximate surface area is 108 Å². The zero-order valence-electron chi connectivity index (χ0n) is 11.3. The number of amides is 2. The summed E-state index contributed by atoms with van der Waals surface area (Å²) >= 11 is 0. The summed E-state index contributed by atoms with van der Waals surface area (Å²) in [6.45, 7) is 5.42. The molecule has 0 unspecified atom stereocenters. The van der Waals surface area contributed by atoms with Gasteiger partial charge in [0.05, 0.1) is 0 Å². The highest BCUT2D eigenvalue weighted by Gasteiger charge is 2.36. The van der Waals surface area contributed by atoms with Crippen molar-refractivity contribution in [2.24, 2.45) is 5.92 Å². The van der Waals surface area contributed by atoms with E-state index in [9.17, 15) is 9.59 Å². The molecular formula is C13H22N2O3. The number of hydrogen-bond acceptors (Lipinski definition) is 3. The lowest BCUT2D eigenvalue weighted by molar-refractivity contribution is -0.123. The minimum absolute atomic E-state index is 0.0759. The van der Waals surface area contributed by atoms with Gasteiger partial charge in [0.15, 0.2) is 0 Å². The van der Waals surface area contributed by atoms with Gasteiger partial charge in [-0.05, 0) is 52.4 Å². The molecule has 0 radical (unpaired) electrons. The molecule has 0 aromatic carbocycles. The van der Waals surface area contributed by atoms with Crippen LogP contribution in [-0.2, 0) is 9.53 Å². The lowest BCUT2D eigenvalue weighted by Crippen LogP contribution is -2.49. The third-order valence-electron chi connectivity index (χ3n) is 3.46. The fourth-order valence-corrected chi connectivity index (χ4v) is 2.74. The van der Waals surface area contributed by atoms with Gasteiger partial charge in [0.25, 0.3) is 0 Å². The van der Waals surface area contributed by atoms with Crippen molar-refractivity contribution in [1.29, 1.82) is 0 Å². The van der Waals surface area contributed by atoms with E-state index in [0.29, 0.717) is 12.0 Å². The van der Waals surface area contributed by atoms with Gasteiger partial charge in [0, 0.05) is 6.04 Å². The molecule has 1 aliphatic carbocycles. The first-order valence-electron chi connectivity index (χ1n) is 6.63. The van der Waals surface area contributed by atoms with Crippen molar-refractivity contribution < 1.29 is 14.3 Å². The van der Waals surface area contributed by atoms with E-state index in [4.69, 9.17) is 4.74 Å². The Bertz CT molecular complexity index is 349. The average Bonchev–Trinajstić information content (AvgIpc) is 2.54. The van der Waals surface area contributed by atoms with Crippen LogP contribution >= 0.6 is 0 Å². The van der Waals surface area contributed by atoms with Crippen molar-refractivity contribution in [3.63, 3.8) is 0 Å². The maximum absolute atomic E-state index is 11.9. The standard InChI is InChI=1S/C13H22N2O3/c1-13(2,3)18-12(17)15-10-7-8-4-5-9(6-8)14-11(10)16/h8-10H,4-7H2,1-3H3,(H,14,16)(H,15,17)/t8-,9+,10-/m1/s1. The van der Waals surface area contributed by atoms with Gasteiger partial charge in [-0.2, -0.15) is 0 Å². The van der Waals surface area contributed by atoms with Gasteiger partial charge in [-0.25, -0.2) is 4.79 Å². The zero-order valence-corrected chi connectivity index (χ0v) is 11.3. The Kier molecular flexibility index (Phi) is 3.50. The van der Waals surface area contributed by atoms with E-state index in [1.807, 2.05) is 20.8 Å². The molecule has 1 aliphatic heterocycles. The fourth-order valence-electron chi connectivity index (χ4n) is 2.74. The van der Waals surface area contributed by atoms with E-state index in [0.717, 1.165) is 25.7 Å². The van der Waals surface area contributed by atoms with Gasteiger partial charge >= 0.3 is 6.09 Å². The molecule has 2 bridgehead atoms. The Morgan fingerprint density at radius 3 is 2.72 bits per heavy atom. The monoisotopic (exact) mass is 254 g/mol. The van der Waals surface area contributed by atoms with Gasteiger partial charge in [-0.3, -0.25) is 4.79 Å². The predicted molar refractivity (Wildman–Crippen MR) is 67.0 cm³/mol. The third kappa shape index (κ3) is 3.37. The van der Waals surface area contributed by atoms with Crippen molar-refractivity contribution in [2.75, 3.05) is 0 Å². The molecular weight excluding hydrogens is 232 g/mol. The molecule has 1 saturated heterocycles. The molecule has 102 valence electrons. The molecule has 5 nitrogen and oxygen atoms in total. The second-order valence-corrected chi connectivity index (χ2v) is 6.32. The SMILES string of the molecule is CC(C)(C)OC(=O)N[C@@H]1C[C@@H]2CC[C@@H](C2)NC1=O. The van der Waals surface area contributed by atoms with Crippen LogP contribution in [0.25, 0.3) is 0 Å². The van der Waals surface area contributed by atoms with Crippen LogP contribution in [0.3, 0.4) is 0 Å². The first kappa shape index (κ1) is 13.2. The van der Waals surface area contributed by atoms with Crippen LogP contribution in [0.2, 0.25) is 0 Å². The number of ether oxygens (including phenoxy) is 1. The van der Waals surface area contributed by atoms with E-state index in [1.54, 1.807) is 0 Å². The Balaban J connectivity index is 1.92. The molecule has 1 heterocycles. The first-order valence-corrected chi connectivity index (χ1v) is 6.63. The molecule has 18 heavy (non-hydrogen) atoms. The first-order chi connectivity index (χ1) is 8.33. The summed E-state index contributed by atoms with van der Waals surface area (Å²) in [5.74, 6) is 0.460. The van der Waals surface area contributed by atoms with E-state index < -0.39 is 17.7 Å². The molecule has 0 spiro atoms. The van der Waals surface area contributed by atoms with Crippen LogP contribution in [0.1, 0.15) is 46.5 Å². The number of alkyl carbamates (subject to hydrolysis) is 1. The van der Waals surface area contributed by atoms with Gasteiger partial charge in [0.1, 0.15) is 11.6 Å². The smallest absolute Gasteiger partial charge is 0.408 e. The van der Waals surface area contributed by atoms with Gasteiger partial charge in [-0.15, -0.1) is 0 Å². The van der Waals surface area contributed by atoms with Gasteiger partial charge in [-0.1, -0.05) is 0 Å². The molecule has 1 saturated carbocycles. The predicted octanol–water partition coefficient (Wildman–Crippen LogP) is 1.57. The lowest BCUT2D eigenvalue weighted by atomic mass is 9.99. The fraction of sp³-hybridized carbons (Fsp3) is 0.846. The van der Waals surface area contributed by atoms with Crippen LogP contribution in [0.5, 0.6) is 0 Å². The quantitative estimate of drug-likeness (QED) is 0.746. The topological polar surface area (TPSA) is 67.4 Å². The van der Waals surface area contributed by atoms with Gasteiger partial charge < -0.3 is 15.4 Å². The molecule has 3 atom stereocenters. The summed E-state index contributed by atoms with van der Waals surface area (Å²) in [5.41, 5.74) is -0.537. The number of nitrogens with one attached hydrogen (secondary N) is 2. The number of rotatable bonds is 1. The normalized spacial score (nSPS) is 31.5. The van der Waals surface area contributed by atoms with Crippen LogP contribution in [-0.4, -0.2) is 29.7 Å². The molecule has 2 rings (SSSR count). The highest BCUT2D eigenvalue weighted by molar-refractivity contribution is 5.86. The molecule has 0 aromatic heterocycles. The van der Waals surface area contributed by atoms with Crippen molar-refractivity contribution in [1.82, 2.24) is 10.6 Å². The minimum atomic E-state index is -0.537. The molecule has 2 fully saturated rings. The van der Waals surface area contributed by atoms with E-state index in [-0.39, 0.29) is 5.91 Å². The van der Waals surface area contributed by atoms with Crippen LogP contribution in [0.4, 0.5) is 4.79 Å². The summed E-state index contributed by atoms with van der Waals surface area (Å²) in [7, 11) is 0. The molecule has 2 amide bonds. The Morgan fingerprint density at radius 2 is 2.06 bits per heavy atom. The molecule has 5 heteroatoms. The van der Waals surface area contributed by atoms with Crippen molar-refractivity contribution in [3.8, 4) is 0 Å². The second kappa shape index (κ2) is 4.78. The van der Waals surface area contributed by atoms with Crippen molar-refractivity contribution >= 4 is 12.0 Å². The average molecular weight is 254 g/mol. The van der Waals surface area contributed by atoms with E-state index in [1.165, 1.54) is 0 Å². The highest BCUT2D eigenvalue weighted by atomic mass is 16.6. The van der Waals surface area contributed by atoms with Crippen molar-refractivity contribution in [2.45, 2.75) is 64.1 Å². The summed E-state index contributed by atoms with van der Waals surface area (Å²) in [5, 5.41) is 5.66. The largest absolute Gasteiger partial charge is 0.444 e. The second-order valence-electron chi connectivity index (χ2n) is 6.32. The number of carbonyl (C=O) groups is 2. The molecule has 2 aliphatic rings. The lowest BCUT2D eigenvalue weighted by Gasteiger charge is -2.24. The van der Waals surface area contributed by atoms with Gasteiger partial charge in [0.2, 0.25) is 5.91 Å². The van der Waals surface area contributed by atoms with Crippen LogP contribution < -0.4 is 10.6 Å². The molecule has 2 N–H and O–H groups in total. The molecule has 0 aromatic rings. The Hall–Kier alpha value is -1.26. The van der Waals surface area contributed by atoms with E-state index >= 15 is 0 Å². The van der Waals surface area contributed by atoms with Crippen LogP contribution in [0, 0.1) is 5.92 Å². The maximum atomic E-state index is 11.9. The summed E-state index contributed by atoms with van der Waals surface area (Å²) in [4.78, 5) is 23.6. The number of carbonyl (C=O) groups excluding carboxylic acids is 2. The summed E-state index contributed by atoms with van der Waals surface area (Å²) in [6, 6.07) is -0.150. The Morgan fingerprint density at radius 1 is 1.33 bits per heavy atom. The van der Waals surface area contributed by atoms with E-state index in [2.05, 4.69) is 10.6 Å².